The van der Waals surface area contributed by atoms with Crippen LogP contribution in [-0.2, 0) is 11.2 Å². The van der Waals surface area contributed by atoms with E-state index in [1.54, 1.807) is 18.2 Å². The number of carboxylic acid groups (broad SMARTS) is 1. The molecular formula is C22H16ClFN2O3. The van der Waals surface area contributed by atoms with Crippen LogP contribution in [0.1, 0.15) is 12.1 Å². The van der Waals surface area contributed by atoms with Crippen molar-refractivity contribution in [2.45, 2.75) is 12.8 Å². The highest BCUT2D eigenvalue weighted by molar-refractivity contribution is 6.34. The Kier molecular flexibility index (Phi) is 4.94. The lowest BCUT2D eigenvalue weighted by Crippen LogP contribution is -1.98. The molecule has 0 saturated carbocycles. The van der Waals surface area contributed by atoms with E-state index in [9.17, 15) is 14.3 Å². The van der Waals surface area contributed by atoms with Gasteiger partial charge in [0.15, 0.2) is 0 Å². The van der Waals surface area contributed by atoms with Gasteiger partial charge in [0, 0.05) is 22.9 Å². The molecule has 0 amide bonds. The second kappa shape index (κ2) is 7.56. The molecule has 0 bridgehead atoms. The molecule has 4 rings (SSSR count). The van der Waals surface area contributed by atoms with Crippen LogP contribution in [0, 0.1) is 5.82 Å². The van der Waals surface area contributed by atoms with Gasteiger partial charge in [-0.1, -0.05) is 35.9 Å². The predicted octanol–water partition coefficient (Wildman–Crippen LogP) is 5.41. The number of halogens is 2. The number of phenols is 1. The highest BCUT2D eigenvalue weighted by atomic mass is 35.5. The average molecular weight is 411 g/mol. The van der Waals surface area contributed by atoms with E-state index in [0.29, 0.717) is 28.3 Å². The van der Waals surface area contributed by atoms with Crippen LogP contribution in [0.4, 0.5) is 4.39 Å². The SMILES string of the molecule is O=C(O)CCc1n[nH]c2cc(Cl)c(-c3ccc(-c4cc(F)ccc4O)cc3)cc12. The molecular weight excluding hydrogens is 395 g/mol. The number of carbonyl (C=O) groups is 1. The minimum Gasteiger partial charge on any atom is -0.507 e. The molecule has 0 fully saturated rings. The molecule has 5 nitrogen and oxygen atoms in total. The summed E-state index contributed by atoms with van der Waals surface area (Å²) in [6.07, 6.45) is 0.304. The van der Waals surface area contributed by atoms with Crippen LogP contribution in [0.3, 0.4) is 0 Å². The standard InChI is InChI=1S/C22H16ClFN2O3/c23-18-11-20-17(19(25-26-20)6-8-22(28)29)10-15(18)12-1-3-13(4-2-12)16-9-14(24)5-7-21(16)27/h1-5,7,9-11,27H,6,8H2,(H,25,26)(H,28,29). The first-order chi connectivity index (χ1) is 13.9. The van der Waals surface area contributed by atoms with E-state index < -0.39 is 11.8 Å². The molecule has 0 aliphatic rings. The first-order valence-electron chi connectivity index (χ1n) is 8.90. The largest absolute Gasteiger partial charge is 0.507 e. The van der Waals surface area contributed by atoms with Crippen molar-refractivity contribution in [2.24, 2.45) is 0 Å². The first kappa shape index (κ1) is 19.0. The fourth-order valence-electron chi connectivity index (χ4n) is 3.30. The molecule has 3 N–H and O–H groups in total. The molecule has 0 radical (unpaired) electrons. The Hall–Kier alpha value is -3.38. The number of fused-ring (bicyclic) bond motifs is 1. The second-order valence-electron chi connectivity index (χ2n) is 6.68. The molecule has 146 valence electrons. The third-order valence-electron chi connectivity index (χ3n) is 4.77. The van der Waals surface area contributed by atoms with Crippen molar-refractivity contribution < 1.29 is 19.4 Å². The Labute approximate surface area is 170 Å². The van der Waals surface area contributed by atoms with E-state index in [4.69, 9.17) is 16.7 Å². The molecule has 0 saturated heterocycles. The number of phenolic OH excluding ortho intramolecular Hbond substituents is 1. The van der Waals surface area contributed by atoms with Crippen LogP contribution in [0.5, 0.6) is 5.75 Å². The van der Waals surface area contributed by atoms with Crippen molar-refractivity contribution in [1.82, 2.24) is 10.2 Å². The minimum absolute atomic E-state index is 0.0000661. The van der Waals surface area contributed by atoms with E-state index in [1.165, 1.54) is 18.2 Å². The maximum absolute atomic E-state index is 13.5. The van der Waals surface area contributed by atoms with Crippen molar-refractivity contribution >= 4 is 28.5 Å². The summed E-state index contributed by atoms with van der Waals surface area (Å²) in [6, 6.07) is 14.7. The number of benzene rings is 3. The van der Waals surface area contributed by atoms with Crippen LogP contribution in [0.2, 0.25) is 5.02 Å². The third kappa shape index (κ3) is 3.79. The van der Waals surface area contributed by atoms with Crippen molar-refractivity contribution in [3.05, 3.63) is 71.1 Å². The van der Waals surface area contributed by atoms with Gasteiger partial charge in [-0.2, -0.15) is 5.10 Å². The monoisotopic (exact) mass is 410 g/mol. The lowest BCUT2D eigenvalue weighted by molar-refractivity contribution is -0.136. The highest BCUT2D eigenvalue weighted by Crippen LogP contribution is 2.35. The molecule has 0 atom stereocenters. The Bertz CT molecular complexity index is 1220. The molecule has 0 aliphatic carbocycles. The van der Waals surface area contributed by atoms with Gasteiger partial charge in [-0.3, -0.25) is 9.89 Å². The summed E-state index contributed by atoms with van der Waals surface area (Å²) in [7, 11) is 0. The smallest absolute Gasteiger partial charge is 0.303 e. The number of hydrogen-bond donors (Lipinski definition) is 3. The lowest BCUT2D eigenvalue weighted by Gasteiger charge is -2.09. The van der Waals surface area contributed by atoms with Gasteiger partial charge in [0.2, 0.25) is 0 Å². The van der Waals surface area contributed by atoms with Crippen molar-refractivity contribution in [3.8, 4) is 28.0 Å². The number of carboxylic acids is 1. The fourth-order valence-corrected chi connectivity index (χ4v) is 3.57. The normalized spacial score (nSPS) is 11.1. The summed E-state index contributed by atoms with van der Waals surface area (Å²) in [5, 5.41) is 27.3. The summed E-state index contributed by atoms with van der Waals surface area (Å²) in [5.74, 6) is -1.31. The molecule has 0 aliphatic heterocycles. The second-order valence-corrected chi connectivity index (χ2v) is 7.09. The number of aromatic nitrogens is 2. The van der Waals surface area contributed by atoms with Gasteiger partial charge in [-0.15, -0.1) is 0 Å². The van der Waals surface area contributed by atoms with Gasteiger partial charge in [0.05, 0.1) is 22.7 Å². The van der Waals surface area contributed by atoms with Gasteiger partial charge in [-0.25, -0.2) is 4.39 Å². The Morgan fingerprint density at radius 1 is 1.03 bits per heavy atom. The molecule has 7 heteroatoms. The Morgan fingerprint density at radius 2 is 1.72 bits per heavy atom. The number of H-pyrrole nitrogens is 1. The number of nitrogens with zero attached hydrogens (tertiary/aromatic N) is 1. The lowest BCUT2D eigenvalue weighted by atomic mass is 9.98. The topological polar surface area (TPSA) is 86.2 Å². The van der Waals surface area contributed by atoms with Crippen LogP contribution < -0.4 is 0 Å². The number of nitrogens with one attached hydrogen (secondary N) is 1. The summed E-state index contributed by atoms with van der Waals surface area (Å²) >= 11 is 6.45. The van der Waals surface area contributed by atoms with Crippen LogP contribution in [0.25, 0.3) is 33.2 Å². The maximum Gasteiger partial charge on any atom is 0.303 e. The average Bonchev–Trinajstić information content (AvgIpc) is 3.09. The number of aromatic hydroxyl groups is 1. The molecule has 4 aromatic rings. The summed E-state index contributed by atoms with van der Waals surface area (Å²) in [4.78, 5) is 10.9. The summed E-state index contributed by atoms with van der Waals surface area (Å²) in [5.41, 5.74) is 4.09. The number of rotatable bonds is 5. The highest BCUT2D eigenvalue weighted by Gasteiger charge is 2.13. The van der Waals surface area contributed by atoms with Gasteiger partial charge in [-0.05, 0) is 41.5 Å². The summed E-state index contributed by atoms with van der Waals surface area (Å²) < 4.78 is 13.5. The van der Waals surface area contributed by atoms with E-state index in [0.717, 1.165) is 22.0 Å². The molecule has 1 aromatic heterocycles. The molecule has 1 heterocycles. The van der Waals surface area contributed by atoms with Gasteiger partial charge in [0.1, 0.15) is 11.6 Å². The molecule has 0 spiro atoms. The third-order valence-corrected chi connectivity index (χ3v) is 5.08. The van der Waals surface area contributed by atoms with Crippen molar-refractivity contribution in [2.75, 3.05) is 0 Å². The molecule has 29 heavy (non-hydrogen) atoms. The van der Waals surface area contributed by atoms with E-state index in [-0.39, 0.29) is 12.2 Å². The predicted molar refractivity (Wildman–Crippen MR) is 110 cm³/mol. The zero-order valence-electron chi connectivity index (χ0n) is 15.1. The first-order valence-corrected chi connectivity index (χ1v) is 9.28. The van der Waals surface area contributed by atoms with Crippen LogP contribution in [0.15, 0.2) is 54.6 Å². The van der Waals surface area contributed by atoms with Crippen molar-refractivity contribution in [1.29, 1.82) is 0 Å². The summed E-state index contributed by atoms with van der Waals surface area (Å²) in [6.45, 7) is 0. The Morgan fingerprint density at radius 3 is 2.41 bits per heavy atom. The van der Waals surface area contributed by atoms with Crippen LogP contribution in [-0.4, -0.2) is 26.4 Å². The number of hydrogen-bond acceptors (Lipinski definition) is 3. The maximum atomic E-state index is 13.5. The zero-order chi connectivity index (χ0) is 20.5. The minimum atomic E-state index is -0.883. The fraction of sp³-hybridized carbons (Fsp3) is 0.0909. The van der Waals surface area contributed by atoms with E-state index >= 15 is 0 Å². The molecule has 3 aromatic carbocycles. The van der Waals surface area contributed by atoms with Crippen LogP contribution >= 0.6 is 11.6 Å². The number of aryl methyl sites for hydroxylation is 1. The number of aromatic amines is 1. The van der Waals surface area contributed by atoms with Gasteiger partial charge >= 0.3 is 5.97 Å². The van der Waals surface area contributed by atoms with Crippen molar-refractivity contribution in [3.63, 3.8) is 0 Å². The van der Waals surface area contributed by atoms with E-state index in [1.807, 2.05) is 18.2 Å². The van der Waals surface area contributed by atoms with E-state index in [2.05, 4.69) is 10.2 Å². The quantitative estimate of drug-likeness (QED) is 0.410. The zero-order valence-corrected chi connectivity index (χ0v) is 15.9. The number of aliphatic carboxylic acids is 1. The Balaban J connectivity index is 1.72. The van der Waals surface area contributed by atoms with Gasteiger partial charge in [0.25, 0.3) is 0 Å². The van der Waals surface area contributed by atoms with Gasteiger partial charge < -0.3 is 10.2 Å². The molecule has 0 unspecified atom stereocenters.